The van der Waals surface area contributed by atoms with E-state index in [0.29, 0.717) is 35.8 Å². The Morgan fingerprint density at radius 3 is 1.32 bits per heavy atom. The quantitative estimate of drug-likeness (QED) is 0.119. The number of carboxylic acid groups (broad SMARTS) is 2. The number of amides is 2. The van der Waals surface area contributed by atoms with Crippen LogP contribution < -0.4 is 9.47 Å². The van der Waals surface area contributed by atoms with Gasteiger partial charge in [-0.3, -0.25) is 19.2 Å². The van der Waals surface area contributed by atoms with E-state index in [1.54, 1.807) is 24.3 Å². The van der Waals surface area contributed by atoms with Crippen molar-refractivity contribution in [2.45, 2.75) is 46.2 Å². The summed E-state index contributed by atoms with van der Waals surface area (Å²) in [5.74, 6) is -4.73. The molecule has 0 radical (unpaired) electrons. The van der Waals surface area contributed by atoms with Crippen LogP contribution in [0.4, 0.5) is 0 Å². The summed E-state index contributed by atoms with van der Waals surface area (Å²) < 4.78 is 11.8. The second kappa shape index (κ2) is 16.2. The normalized spacial score (nSPS) is 16.0. The number of carbonyl (C=O) groups excluding carboxylic acids is 2. The van der Waals surface area contributed by atoms with Crippen molar-refractivity contribution in [1.29, 1.82) is 0 Å². The minimum absolute atomic E-state index is 0.105. The van der Waals surface area contributed by atoms with Crippen molar-refractivity contribution in [3.63, 3.8) is 0 Å². The summed E-state index contributed by atoms with van der Waals surface area (Å²) >= 11 is 0. The summed E-state index contributed by atoms with van der Waals surface area (Å²) in [4.78, 5) is 57.2. The Morgan fingerprint density at radius 2 is 0.980 bits per heavy atom. The third-order valence-corrected chi connectivity index (χ3v) is 8.93. The van der Waals surface area contributed by atoms with Crippen LogP contribution in [0.5, 0.6) is 23.0 Å². The predicted molar refractivity (Wildman–Crippen MR) is 187 cm³/mol. The number of carbonyl (C=O) groups is 4. The largest absolute Gasteiger partial charge is 0.481 e. The van der Waals surface area contributed by atoms with Crippen molar-refractivity contribution in [3.8, 4) is 23.0 Å². The Bertz CT molecular complexity index is 1650. The molecule has 10 nitrogen and oxygen atoms in total. The molecule has 2 atom stereocenters. The molecule has 260 valence electrons. The van der Waals surface area contributed by atoms with E-state index >= 15 is 0 Å². The minimum Gasteiger partial charge on any atom is -0.481 e. The molecule has 1 aliphatic rings. The first-order chi connectivity index (χ1) is 24.2. The summed E-state index contributed by atoms with van der Waals surface area (Å²) in [5, 5.41) is 20.3. The van der Waals surface area contributed by atoms with Crippen molar-refractivity contribution in [1.82, 2.24) is 9.80 Å². The topological polar surface area (TPSA) is 134 Å². The standard InChI is InChI=1S/C40H42N2O8/c1-3-23-41(26-28-15-19-32(20-16-28)49-30-11-7-5-8-12-30)38(47)40(25-34(36(43)44)35(40)37(45)46)39(48)42(24-4-2)27-29-17-21-33(22-18-29)50-31-13-9-6-10-14-31/h5-22,34-35H,3-4,23-27H2,1-2H3,(H,43,44)(H,45,46). The fourth-order valence-corrected chi connectivity index (χ4v) is 6.54. The molecule has 0 aliphatic heterocycles. The van der Waals surface area contributed by atoms with Crippen LogP contribution in [0.3, 0.4) is 0 Å². The number of nitrogens with zero attached hydrogens (tertiary/aromatic N) is 2. The fraction of sp³-hybridized carbons (Fsp3) is 0.300. The summed E-state index contributed by atoms with van der Waals surface area (Å²) in [6.07, 6.45) is 0.688. The zero-order valence-corrected chi connectivity index (χ0v) is 28.2. The molecule has 4 aromatic rings. The molecule has 5 rings (SSSR count). The van der Waals surface area contributed by atoms with Gasteiger partial charge in [-0.2, -0.15) is 0 Å². The highest BCUT2D eigenvalue weighted by Gasteiger charge is 2.70. The second-order valence-electron chi connectivity index (χ2n) is 12.5. The van der Waals surface area contributed by atoms with Gasteiger partial charge in [0, 0.05) is 26.2 Å². The number of ether oxygens (including phenoxy) is 2. The van der Waals surface area contributed by atoms with Gasteiger partial charge in [0.25, 0.3) is 0 Å². The molecule has 2 amide bonds. The Balaban J connectivity index is 1.41. The number of benzene rings is 4. The molecule has 4 aromatic carbocycles. The Kier molecular flexibility index (Phi) is 11.5. The fourth-order valence-electron chi connectivity index (χ4n) is 6.54. The van der Waals surface area contributed by atoms with E-state index in [1.807, 2.05) is 98.8 Å². The number of aliphatic carboxylic acids is 2. The smallest absolute Gasteiger partial charge is 0.309 e. The van der Waals surface area contributed by atoms with Crippen LogP contribution in [0.25, 0.3) is 0 Å². The lowest BCUT2D eigenvalue weighted by molar-refractivity contribution is -0.194. The highest BCUT2D eigenvalue weighted by atomic mass is 16.5. The van der Waals surface area contributed by atoms with Gasteiger partial charge in [0.15, 0.2) is 0 Å². The predicted octanol–water partition coefficient (Wildman–Crippen LogP) is 7.24. The summed E-state index contributed by atoms with van der Waals surface area (Å²) in [7, 11) is 0. The lowest BCUT2D eigenvalue weighted by Gasteiger charge is -2.51. The van der Waals surface area contributed by atoms with Gasteiger partial charge in [-0.05, 0) is 78.9 Å². The number of hydrogen-bond acceptors (Lipinski definition) is 6. The van der Waals surface area contributed by atoms with E-state index in [2.05, 4.69) is 0 Å². The highest BCUT2D eigenvalue weighted by molar-refractivity contribution is 6.11. The van der Waals surface area contributed by atoms with Crippen molar-refractivity contribution in [3.05, 3.63) is 120 Å². The molecule has 0 saturated heterocycles. The molecular weight excluding hydrogens is 636 g/mol. The molecule has 10 heteroatoms. The van der Waals surface area contributed by atoms with Gasteiger partial charge in [0.2, 0.25) is 11.8 Å². The number of rotatable bonds is 16. The van der Waals surface area contributed by atoms with Gasteiger partial charge < -0.3 is 29.5 Å². The summed E-state index contributed by atoms with van der Waals surface area (Å²) in [6.45, 7) is 4.47. The van der Waals surface area contributed by atoms with Gasteiger partial charge in [0.05, 0.1) is 11.8 Å². The van der Waals surface area contributed by atoms with E-state index < -0.39 is 47.4 Å². The Hall–Kier alpha value is -5.64. The third kappa shape index (κ3) is 7.97. The van der Waals surface area contributed by atoms with Gasteiger partial charge >= 0.3 is 11.9 Å². The molecule has 0 aromatic heterocycles. The zero-order valence-electron chi connectivity index (χ0n) is 28.2. The number of hydrogen-bond donors (Lipinski definition) is 2. The zero-order chi connectivity index (χ0) is 35.7. The lowest BCUT2D eigenvalue weighted by atomic mass is 9.52. The van der Waals surface area contributed by atoms with Crippen molar-refractivity contribution < 1.29 is 38.9 Å². The molecule has 2 unspecified atom stereocenters. The second-order valence-corrected chi connectivity index (χ2v) is 12.5. The molecule has 1 saturated carbocycles. The van der Waals surface area contributed by atoms with Gasteiger partial charge in [0.1, 0.15) is 28.4 Å². The van der Waals surface area contributed by atoms with E-state index in [-0.39, 0.29) is 26.2 Å². The lowest BCUT2D eigenvalue weighted by Crippen LogP contribution is -2.68. The number of carboxylic acids is 2. The average molecular weight is 679 g/mol. The molecule has 0 heterocycles. The molecule has 1 aliphatic carbocycles. The molecular formula is C40H42N2O8. The van der Waals surface area contributed by atoms with Crippen molar-refractivity contribution in [2.24, 2.45) is 17.3 Å². The van der Waals surface area contributed by atoms with Crippen molar-refractivity contribution in [2.75, 3.05) is 13.1 Å². The maximum Gasteiger partial charge on any atom is 0.309 e. The Morgan fingerprint density at radius 1 is 0.600 bits per heavy atom. The summed E-state index contributed by atoms with van der Waals surface area (Å²) in [6, 6.07) is 33.0. The van der Waals surface area contributed by atoms with E-state index in [0.717, 1.165) is 11.1 Å². The van der Waals surface area contributed by atoms with Crippen LogP contribution in [0, 0.1) is 17.3 Å². The monoisotopic (exact) mass is 678 g/mol. The van der Waals surface area contributed by atoms with Crippen LogP contribution in [0.15, 0.2) is 109 Å². The first-order valence-corrected chi connectivity index (χ1v) is 16.8. The van der Waals surface area contributed by atoms with Gasteiger partial charge in [-0.1, -0.05) is 74.5 Å². The SMILES string of the molecule is CCCN(Cc1ccc(Oc2ccccc2)cc1)C(=O)C1(C(=O)N(CCC)Cc2ccc(Oc3ccccc3)cc2)CC(C(=O)O)C1C(=O)O. The van der Waals surface area contributed by atoms with Crippen LogP contribution in [0.1, 0.15) is 44.2 Å². The molecule has 50 heavy (non-hydrogen) atoms. The summed E-state index contributed by atoms with van der Waals surface area (Å²) in [5.41, 5.74) is -0.579. The maximum atomic E-state index is 14.6. The van der Waals surface area contributed by atoms with E-state index in [9.17, 15) is 29.4 Å². The van der Waals surface area contributed by atoms with Crippen LogP contribution in [-0.4, -0.2) is 56.9 Å². The number of para-hydroxylation sites is 2. The van der Waals surface area contributed by atoms with Crippen molar-refractivity contribution >= 4 is 23.8 Å². The van der Waals surface area contributed by atoms with E-state index in [4.69, 9.17) is 9.47 Å². The van der Waals surface area contributed by atoms with Crippen LogP contribution >= 0.6 is 0 Å². The first kappa shape index (κ1) is 35.7. The third-order valence-electron chi connectivity index (χ3n) is 8.93. The molecule has 2 N–H and O–H groups in total. The van der Waals surface area contributed by atoms with Gasteiger partial charge in [-0.15, -0.1) is 0 Å². The maximum absolute atomic E-state index is 14.6. The van der Waals surface area contributed by atoms with Gasteiger partial charge in [-0.25, -0.2) is 0 Å². The molecule has 0 bridgehead atoms. The molecule has 0 spiro atoms. The minimum atomic E-state index is -2.08. The van der Waals surface area contributed by atoms with E-state index in [1.165, 1.54) is 9.80 Å². The average Bonchev–Trinajstić information content (AvgIpc) is 3.09. The van der Waals surface area contributed by atoms with Crippen LogP contribution in [-0.2, 0) is 32.3 Å². The van der Waals surface area contributed by atoms with Crippen LogP contribution in [0.2, 0.25) is 0 Å². The highest BCUT2D eigenvalue weighted by Crippen LogP contribution is 2.54. The Labute approximate surface area is 291 Å². The molecule has 1 fully saturated rings. The first-order valence-electron chi connectivity index (χ1n) is 16.8.